The summed E-state index contributed by atoms with van der Waals surface area (Å²) in [5, 5.41) is 14.9. The average molecular weight is 517 g/mol. The number of halogens is 3. The van der Waals surface area contributed by atoms with E-state index in [1.165, 1.54) is 32.2 Å². The third kappa shape index (κ3) is 4.64. The third-order valence-electron chi connectivity index (χ3n) is 6.12. The van der Waals surface area contributed by atoms with Crippen molar-refractivity contribution in [2.75, 3.05) is 27.2 Å². The Hall–Kier alpha value is -3.20. The van der Waals surface area contributed by atoms with Crippen molar-refractivity contribution in [2.24, 2.45) is 0 Å². The number of likely N-dealkylation sites (N-methyl/N-ethyl adjacent to an activating group) is 1. The fourth-order valence-corrected chi connectivity index (χ4v) is 4.80. The number of fused-ring (bicyclic) bond motifs is 1. The lowest BCUT2D eigenvalue weighted by molar-refractivity contribution is 0.0940. The van der Waals surface area contributed by atoms with Gasteiger partial charge in [0.05, 0.1) is 16.7 Å². The molecule has 0 bridgehead atoms. The van der Waals surface area contributed by atoms with Crippen molar-refractivity contribution in [1.82, 2.24) is 10.6 Å². The molecule has 0 aliphatic carbocycles. The van der Waals surface area contributed by atoms with E-state index in [4.69, 9.17) is 21.1 Å². The fourth-order valence-electron chi connectivity index (χ4n) is 4.54. The van der Waals surface area contributed by atoms with E-state index in [1.807, 2.05) is 30.3 Å². The number of hydrogen-bond donors (Lipinski definition) is 3. The maximum atomic E-state index is 16.0. The number of hydrogen-bond acceptors (Lipinski definition) is 5. The summed E-state index contributed by atoms with van der Waals surface area (Å²) in [5.74, 6) is -2.27. The highest BCUT2D eigenvalue weighted by Gasteiger charge is 2.43. The monoisotopic (exact) mass is 516 g/mol. The van der Waals surface area contributed by atoms with Crippen molar-refractivity contribution in [3.63, 3.8) is 0 Å². The molecule has 2 atom stereocenters. The Kier molecular flexibility index (Phi) is 7.49. The number of rotatable bonds is 8. The van der Waals surface area contributed by atoms with Crippen LogP contribution < -0.4 is 20.1 Å². The number of benzene rings is 3. The molecule has 0 saturated heterocycles. The van der Waals surface area contributed by atoms with Gasteiger partial charge in [-0.05, 0) is 31.7 Å². The molecule has 0 aromatic heterocycles. The Labute approximate surface area is 213 Å². The van der Waals surface area contributed by atoms with Crippen molar-refractivity contribution < 1.29 is 28.2 Å². The molecule has 190 valence electrons. The minimum atomic E-state index is -0.908. The topological polar surface area (TPSA) is 79.8 Å². The van der Waals surface area contributed by atoms with E-state index < -0.39 is 29.2 Å². The van der Waals surface area contributed by atoms with Crippen LogP contribution in [0.25, 0.3) is 11.1 Å². The first-order valence-corrected chi connectivity index (χ1v) is 11.9. The summed E-state index contributed by atoms with van der Waals surface area (Å²) < 4.78 is 42.9. The molecule has 4 rings (SSSR count). The molecule has 1 heterocycles. The zero-order valence-electron chi connectivity index (χ0n) is 20.1. The van der Waals surface area contributed by atoms with Gasteiger partial charge < -0.3 is 25.2 Å². The normalized spacial score (nSPS) is 17.3. The fraction of sp³-hybridized carbons (Fsp3) is 0.296. The van der Waals surface area contributed by atoms with E-state index >= 15 is 8.78 Å². The number of aliphatic hydroxyl groups is 1. The molecule has 0 radical (unpaired) electrons. The minimum absolute atomic E-state index is 0.0270. The van der Waals surface area contributed by atoms with Crippen LogP contribution in [0.3, 0.4) is 0 Å². The number of ether oxygens (including phenoxy) is 2. The van der Waals surface area contributed by atoms with Gasteiger partial charge in [0.25, 0.3) is 5.91 Å². The molecule has 3 N–H and O–H groups in total. The summed E-state index contributed by atoms with van der Waals surface area (Å²) >= 11 is 6.47. The first-order chi connectivity index (χ1) is 17.2. The maximum Gasteiger partial charge on any atom is 0.251 e. The average Bonchev–Trinajstić information content (AvgIpc) is 3.23. The van der Waals surface area contributed by atoms with Crippen LogP contribution in [0.1, 0.15) is 28.4 Å². The number of nitrogens with one attached hydrogen (secondary N) is 2. The molecule has 3 aromatic rings. The van der Waals surface area contributed by atoms with E-state index in [0.29, 0.717) is 12.1 Å². The smallest absolute Gasteiger partial charge is 0.251 e. The summed E-state index contributed by atoms with van der Waals surface area (Å²) in [5.41, 5.74) is 0.194. The molecule has 3 aromatic carbocycles. The molecule has 1 aliphatic rings. The molecule has 0 saturated carbocycles. The standard InChI is InChI=1S/C27H27ClF2N2O4/c1-15(33)13-35-20-10-9-17(26(34)32-3)23(25(20)30)22-18-12-27(14-31-2,16-7-5-4-6-8-16)36-21(18)11-19(29)24(22)28/h4-11,15,31,33H,12-14H2,1-3H3,(H,32,34)/t15-,27?/m0/s1. The van der Waals surface area contributed by atoms with Crippen LogP contribution in [0.4, 0.5) is 8.78 Å². The zero-order chi connectivity index (χ0) is 26.0. The highest BCUT2D eigenvalue weighted by atomic mass is 35.5. The van der Waals surface area contributed by atoms with Gasteiger partial charge in [0.15, 0.2) is 17.2 Å². The van der Waals surface area contributed by atoms with Gasteiger partial charge in [-0.1, -0.05) is 41.9 Å². The molecular weight excluding hydrogens is 490 g/mol. The lowest BCUT2D eigenvalue weighted by Gasteiger charge is -2.29. The molecule has 0 spiro atoms. The largest absolute Gasteiger partial charge is 0.488 e. The maximum absolute atomic E-state index is 16.0. The highest BCUT2D eigenvalue weighted by Crippen LogP contribution is 2.50. The second-order valence-corrected chi connectivity index (χ2v) is 9.11. The summed E-state index contributed by atoms with van der Waals surface area (Å²) in [6.45, 7) is 1.70. The van der Waals surface area contributed by atoms with E-state index in [2.05, 4.69) is 10.6 Å². The van der Waals surface area contributed by atoms with Gasteiger partial charge in [-0.2, -0.15) is 0 Å². The van der Waals surface area contributed by atoms with E-state index in [-0.39, 0.29) is 46.2 Å². The number of aliphatic hydroxyl groups excluding tert-OH is 1. The van der Waals surface area contributed by atoms with Gasteiger partial charge in [-0.3, -0.25) is 4.79 Å². The summed E-state index contributed by atoms with van der Waals surface area (Å²) in [4.78, 5) is 12.7. The Morgan fingerprint density at radius 2 is 1.92 bits per heavy atom. The van der Waals surface area contributed by atoms with Crippen molar-refractivity contribution in [1.29, 1.82) is 0 Å². The van der Waals surface area contributed by atoms with Crippen LogP contribution in [-0.4, -0.2) is 44.4 Å². The van der Waals surface area contributed by atoms with Gasteiger partial charge >= 0.3 is 0 Å². The van der Waals surface area contributed by atoms with Crippen molar-refractivity contribution >= 4 is 17.5 Å². The molecule has 6 nitrogen and oxygen atoms in total. The Morgan fingerprint density at radius 1 is 1.19 bits per heavy atom. The van der Waals surface area contributed by atoms with Crippen LogP contribution in [0, 0.1) is 11.6 Å². The molecule has 0 fully saturated rings. The molecule has 1 aliphatic heterocycles. The van der Waals surface area contributed by atoms with Gasteiger partial charge in [0.1, 0.15) is 18.2 Å². The van der Waals surface area contributed by atoms with Crippen LogP contribution >= 0.6 is 11.6 Å². The first-order valence-electron chi connectivity index (χ1n) is 11.5. The van der Waals surface area contributed by atoms with Crippen molar-refractivity contribution in [2.45, 2.75) is 25.0 Å². The van der Waals surface area contributed by atoms with Gasteiger partial charge in [-0.15, -0.1) is 0 Å². The third-order valence-corrected chi connectivity index (χ3v) is 6.49. The van der Waals surface area contributed by atoms with Crippen molar-refractivity contribution in [3.8, 4) is 22.6 Å². The zero-order valence-corrected chi connectivity index (χ0v) is 20.9. The van der Waals surface area contributed by atoms with Crippen LogP contribution in [-0.2, 0) is 12.0 Å². The summed E-state index contributed by atoms with van der Waals surface area (Å²) in [6, 6.07) is 13.3. The Morgan fingerprint density at radius 3 is 2.56 bits per heavy atom. The summed E-state index contributed by atoms with van der Waals surface area (Å²) in [7, 11) is 3.19. The van der Waals surface area contributed by atoms with Crippen LogP contribution in [0.2, 0.25) is 5.02 Å². The predicted molar refractivity (Wildman–Crippen MR) is 134 cm³/mol. The number of carbonyl (C=O) groups excluding carboxylic acids is 1. The van der Waals surface area contributed by atoms with Crippen molar-refractivity contribution in [3.05, 3.63) is 81.9 Å². The summed E-state index contributed by atoms with van der Waals surface area (Å²) in [6.07, 6.45) is -0.608. The molecule has 1 amide bonds. The molecule has 36 heavy (non-hydrogen) atoms. The second-order valence-electron chi connectivity index (χ2n) is 8.73. The van der Waals surface area contributed by atoms with Crippen LogP contribution in [0.5, 0.6) is 11.5 Å². The van der Waals surface area contributed by atoms with E-state index in [1.54, 1.807) is 7.05 Å². The molecule has 1 unspecified atom stereocenters. The quantitative estimate of drug-likeness (QED) is 0.412. The SMILES string of the molecule is CNCC1(c2ccccc2)Cc2c(cc(F)c(Cl)c2-c2c(C(=O)NC)ccc(OC[C@H](C)O)c2F)O1. The van der Waals surface area contributed by atoms with Crippen LogP contribution in [0.15, 0.2) is 48.5 Å². The Balaban J connectivity index is 1.96. The predicted octanol–water partition coefficient (Wildman–Crippen LogP) is 4.45. The minimum Gasteiger partial charge on any atom is -0.488 e. The van der Waals surface area contributed by atoms with Gasteiger partial charge in [-0.25, -0.2) is 8.78 Å². The number of carbonyl (C=O) groups is 1. The lowest BCUT2D eigenvalue weighted by atomic mass is 9.85. The van der Waals surface area contributed by atoms with Gasteiger partial charge in [0.2, 0.25) is 0 Å². The first kappa shape index (κ1) is 25.9. The van der Waals surface area contributed by atoms with E-state index in [9.17, 15) is 9.90 Å². The molecular formula is C27H27ClF2N2O4. The second kappa shape index (κ2) is 10.4. The molecule has 9 heteroatoms. The van der Waals surface area contributed by atoms with E-state index in [0.717, 1.165) is 5.56 Å². The lowest BCUT2D eigenvalue weighted by Crippen LogP contribution is -2.41. The highest BCUT2D eigenvalue weighted by molar-refractivity contribution is 6.34. The Bertz CT molecular complexity index is 1290. The number of amides is 1. The van der Waals surface area contributed by atoms with Gasteiger partial charge in [0, 0.05) is 42.8 Å².